The lowest BCUT2D eigenvalue weighted by molar-refractivity contribution is -0.466. The molecule has 1 heterocycles. The van der Waals surface area contributed by atoms with Crippen LogP contribution in [0.2, 0.25) is 0 Å². The highest BCUT2D eigenvalue weighted by molar-refractivity contribution is 5.86. The Morgan fingerprint density at radius 2 is 1.08 bits per heavy atom. The maximum Gasteiger partial charge on any atom is 0.500 e. The maximum absolute atomic E-state index is 13.0. The third-order valence-corrected chi connectivity index (χ3v) is 2.32. The predicted molar refractivity (Wildman–Crippen MR) is 42.3 cm³/mol. The summed E-state index contributed by atoms with van der Waals surface area (Å²) in [5.41, 5.74) is 0. The number of hydrogen-bond donors (Lipinski definition) is 0. The quantitative estimate of drug-likeness (QED) is 0.379. The van der Waals surface area contributed by atoms with Crippen molar-refractivity contribution < 1.29 is 66.3 Å². The lowest BCUT2D eigenvalue weighted by atomic mass is 9.99. The third kappa shape index (κ3) is 2.81. The van der Waals surface area contributed by atoms with Gasteiger partial charge in [-0.2, -0.15) is 66.5 Å². The molecule has 0 aliphatic carbocycles. The Labute approximate surface area is 120 Å². The zero-order chi connectivity index (χ0) is 19.6. The number of aliphatic imine (C=N–C) groups is 1. The van der Waals surface area contributed by atoms with Crippen molar-refractivity contribution in [2.75, 3.05) is 0 Å². The number of hydrogen-bond acceptors (Lipinski definition) is 3. The van der Waals surface area contributed by atoms with E-state index in [1.807, 2.05) is 0 Å². The topological polar surface area (TPSA) is 24.8 Å². The molecule has 0 amide bonds. The molecular weight excluding hydrogens is 394 g/mol. The maximum atomic E-state index is 13.0. The van der Waals surface area contributed by atoms with E-state index in [4.69, 9.17) is 0 Å². The molecule has 0 aromatic heterocycles. The normalized spacial score (nSPS) is 25.4. The summed E-state index contributed by atoms with van der Waals surface area (Å²) in [6.45, 7) is 0. The van der Waals surface area contributed by atoms with Gasteiger partial charge in [0.1, 0.15) is 0 Å². The molecule has 0 atom stereocenters. The molecule has 17 heteroatoms. The van der Waals surface area contributed by atoms with Gasteiger partial charge in [-0.15, -0.1) is 0 Å². The van der Waals surface area contributed by atoms with Crippen LogP contribution in [0.15, 0.2) is 4.99 Å². The Hall–Kier alpha value is -1.55. The Morgan fingerprint density at radius 1 is 0.708 bits per heavy atom. The van der Waals surface area contributed by atoms with Crippen LogP contribution in [0.3, 0.4) is 0 Å². The summed E-state index contributed by atoms with van der Waals surface area (Å²) in [5.74, 6) is -24.7. The van der Waals surface area contributed by atoms with Crippen LogP contribution in [0.25, 0.3) is 0 Å². The van der Waals surface area contributed by atoms with Crippen molar-refractivity contribution in [1.82, 2.24) is 5.06 Å². The second kappa shape index (κ2) is 4.98. The summed E-state index contributed by atoms with van der Waals surface area (Å²) in [6, 6.07) is -6.49. The molecule has 0 bridgehead atoms. The van der Waals surface area contributed by atoms with Gasteiger partial charge in [0.15, 0.2) is 0 Å². The van der Waals surface area contributed by atoms with Gasteiger partial charge in [-0.3, -0.25) is 0 Å². The fourth-order valence-electron chi connectivity index (χ4n) is 1.20. The lowest BCUT2D eigenvalue weighted by Crippen LogP contribution is -2.69. The first-order chi connectivity index (χ1) is 10.2. The van der Waals surface area contributed by atoms with Crippen molar-refractivity contribution in [1.29, 1.82) is 0 Å². The highest BCUT2D eigenvalue weighted by Crippen LogP contribution is 2.57. The Kier molecular flexibility index (Phi) is 4.25. The monoisotopic (exact) mass is 394 g/mol. The molecule has 1 rings (SSSR count). The fraction of sp³-hybridized carbons (Fsp3) is 0.857. The van der Waals surface area contributed by atoms with Crippen LogP contribution in [0, 0.1) is 0 Å². The van der Waals surface area contributed by atoms with E-state index < -0.39 is 47.4 Å². The molecule has 0 unspecified atom stereocenters. The number of rotatable bonds is 1. The van der Waals surface area contributed by atoms with Crippen LogP contribution in [0.4, 0.5) is 61.5 Å². The van der Waals surface area contributed by atoms with Crippen molar-refractivity contribution in [3.05, 3.63) is 0 Å². The summed E-state index contributed by atoms with van der Waals surface area (Å²) >= 11 is 0. The molecule has 0 N–H and O–H groups in total. The first kappa shape index (κ1) is 20.5. The first-order valence-electron chi connectivity index (χ1n) is 4.93. The zero-order valence-electron chi connectivity index (χ0n) is 10.1. The van der Waals surface area contributed by atoms with Gasteiger partial charge in [0.25, 0.3) is 5.90 Å². The van der Waals surface area contributed by atoms with E-state index in [1.165, 1.54) is 0 Å². The standard InChI is InChI=1S/C7F14N2O/c8-2(9)1(24-23(6(16,17)18)7(19,20)21)22-5(14,15)4(12,13)3(2,10)11. The van der Waals surface area contributed by atoms with Gasteiger partial charge in [-0.05, 0) is 0 Å². The second-order valence-electron chi connectivity index (χ2n) is 4.00. The van der Waals surface area contributed by atoms with Crippen molar-refractivity contribution in [2.45, 2.75) is 36.4 Å². The van der Waals surface area contributed by atoms with Crippen LogP contribution in [0.5, 0.6) is 0 Å². The van der Waals surface area contributed by atoms with Gasteiger partial charge in [0.05, 0.1) is 5.06 Å². The minimum absolute atomic E-state index is 0.822. The number of alkyl halides is 14. The summed E-state index contributed by atoms with van der Waals surface area (Å²) in [7, 11) is 0. The molecule has 1 aliphatic rings. The Balaban J connectivity index is 3.50. The average molecular weight is 394 g/mol. The van der Waals surface area contributed by atoms with Gasteiger partial charge >= 0.3 is 36.4 Å². The van der Waals surface area contributed by atoms with Gasteiger partial charge in [0, 0.05) is 0 Å². The third-order valence-electron chi connectivity index (χ3n) is 2.32. The lowest BCUT2D eigenvalue weighted by Gasteiger charge is -2.40. The van der Waals surface area contributed by atoms with Crippen LogP contribution >= 0.6 is 0 Å². The molecule has 0 fully saturated rings. The van der Waals surface area contributed by atoms with Gasteiger partial charge < -0.3 is 4.84 Å². The molecule has 0 radical (unpaired) electrons. The summed E-state index contributed by atoms with van der Waals surface area (Å²) in [6.07, 6.45) is -13.5. The molecule has 0 saturated carbocycles. The minimum atomic E-state index is -7.12. The SMILES string of the molecule is FC(F)(F)N(OC1=NC(F)(F)C(F)(F)C(F)(F)C1(F)F)C(F)(F)F. The van der Waals surface area contributed by atoms with E-state index >= 15 is 0 Å². The largest absolute Gasteiger partial charge is 0.500 e. The average Bonchev–Trinajstić information content (AvgIpc) is 2.28. The summed E-state index contributed by atoms with van der Waals surface area (Å²) in [5, 5.41) is -3.29. The molecule has 0 spiro atoms. The second-order valence-corrected chi connectivity index (χ2v) is 4.00. The van der Waals surface area contributed by atoms with E-state index in [0.29, 0.717) is 0 Å². The Morgan fingerprint density at radius 3 is 1.42 bits per heavy atom. The number of halogens is 14. The van der Waals surface area contributed by atoms with E-state index in [1.54, 1.807) is 0 Å². The zero-order valence-corrected chi connectivity index (χ0v) is 10.1. The van der Waals surface area contributed by atoms with E-state index in [2.05, 4.69) is 4.84 Å². The van der Waals surface area contributed by atoms with Crippen LogP contribution in [-0.2, 0) is 4.84 Å². The fourth-order valence-corrected chi connectivity index (χ4v) is 1.20. The van der Waals surface area contributed by atoms with Crippen LogP contribution < -0.4 is 0 Å². The molecule has 24 heavy (non-hydrogen) atoms. The van der Waals surface area contributed by atoms with Crippen LogP contribution in [0.1, 0.15) is 0 Å². The number of hydroxylamine groups is 2. The minimum Gasteiger partial charge on any atom is -0.367 e. The van der Waals surface area contributed by atoms with Crippen molar-refractivity contribution >= 4 is 5.90 Å². The first-order valence-corrected chi connectivity index (χ1v) is 4.93. The van der Waals surface area contributed by atoms with Crippen molar-refractivity contribution in [3.63, 3.8) is 0 Å². The van der Waals surface area contributed by atoms with E-state index in [9.17, 15) is 61.5 Å². The van der Waals surface area contributed by atoms with Gasteiger partial charge in [-0.1, -0.05) is 0 Å². The molecule has 0 aromatic rings. The smallest absolute Gasteiger partial charge is 0.367 e. The van der Waals surface area contributed by atoms with Gasteiger partial charge in [-0.25, -0.2) is 0 Å². The summed E-state index contributed by atoms with van der Waals surface area (Å²) in [4.78, 5) is 3.11. The number of nitrogens with zero attached hydrogens (tertiary/aromatic N) is 2. The summed E-state index contributed by atoms with van der Waals surface area (Å²) < 4.78 is 175. The molecule has 0 saturated heterocycles. The van der Waals surface area contributed by atoms with Crippen molar-refractivity contribution in [3.8, 4) is 0 Å². The molecule has 142 valence electrons. The van der Waals surface area contributed by atoms with E-state index in [-0.39, 0.29) is 0 Å². The van der Waals surface area contributed by atoms with Crippen molar-refractivity contribution in [2.24, 2.45) is 4.99 Å². The molecular formula is C7F14N2O. The molecule has 0 aromatic carbocycles. The molecule has 1 aliphatic heterocycles. The van der Waals surface area contributed by atoms with Crippen LogP contribution in [-0.4, -0.2) is 47.4 Å². The van der Waals surface area contributed by atoms with E-state index in [0.717, 1.165) is 4.99 Å². The predicted octanol–water partition coefficient (Wildman–Crippen LogP) is 4.17. The molecule has 3 nitrogen and oxygen atoms in total. The van der Waals surface area contributed by atoms with Gasteiger partial charge in [0.2, 0.25) is 0 Å². The Bertz CT molecular complexity index is 516. The highest BCUT2D eigenvalue weighted by atomic mass is 19.4. The highest BCUT2D eigenvalue weighted by Gasteiger charge is 2.87.